The molecule has 1 aromatic heterocycles. The number of benzene rings is 2. The first kappa shape index (κ1) is 26.2. The Bertz CT molecular complexity index is 1240. The number of nitrogens with zero attached hydrogens (tertiary/aromatic N) is 2. The Morgan fingerprint density at radius 2 is 2.08 bits per heavy atom. The monoisotopic (exact) mass is 507 g/mol. The van der Waals surface area contributed by atoms with Crippen LogP contribution in [0.1, 0.15) is 48.4 Å². The van der Waals surface area contributed by atoms with Gasteiger partial charge in [-0.1, -0.05) is 24.6 Å². The molecule has 7 nitrogen and oxygen atoms in total. The second-order valence-electron chi connectivity index (χ2n) is 9.16. The summed E-state index contributed by atoms with van der Waals surface area (Å²) in [5, 5.41) is 22.2. The summed E-state index contributed by atoms with van der Waals surface area (Å²) in [4.78, 5) is 4.81. The van der Waals surface area contributed by atoms with E-state index in [0.717, 1.165) is 46.2 Å². The van der Waals surface area contributed by atoms with Crippen molar-refractivity contribution in [2.75, 3.05) is 26.1 Å². The number of fused-ring (bicyclic) bond motifs is 1. The summed E-state index contributed by atoms with van der Waals surface area (Å²) < 4.78 is 10.7. The predicted molar refractivity (Wildman–Crippen MR) is 144 cm³/mol. The minimum absolute atomic E-state index is 0.374. The Balaban J connectivity index is 1.67. The van der Waals surface area contributed by atoms with Gasteiger partial charge < -0.3 is 25.4 Å². The molecule has 0 bridgehead atoms. The normalized spacial score (nSPS) is 16.1. The molecule has 0 saturated carbocycles. The molecular weight excluding hydrogens is 474 g/mol. The highest BCUT2D eigenvalue weighted by Crippen LogP contribution is 2.31. The lowest BCUT2D eigenvalue weighted by atomic mass is 10.00. The molecule has 1 aliphatic rings. The van der Waals surface area contributed by atoms with Crippen molar-refractivity contribution in [3.63, 3.8) is 0 Å². The summed E-state index contributed by atoms with van der Waals surface area (Å²) in [5.41, 5.74) is 5.36. The van der Waals surface area contributed by atoms with Gasteiger partial charge in [0.2, 0.25) is 0 Å². The summed E-state index contributed by atoms with van der Waals surface area (Å²) in [6.07, 6.45) is 5.30. The van der Waals surface area contributed by atoms with E-state index in [1.807, 2.05) is 36.5 Å². The smallest absolute Gasteiger partial charge is 0.137 e. The highest BCUT2D eigenvalue weighted by Gasteiger charge is 2.23. The number of pyridine rings is 1. The van der Waals surface area contributed by atoms with Crippen molar-refractivity contribution in [3.8, 4) is 11.8 Å². The highest BCUT2D eigenvalue weighted by molar-refractivity contribution is 6.32. The molecule has 3 aromatic rings. The van der Waals surface area contributed by atoms with Crippen molar-refractivity contribution in [2.24, 2.45) is 0 Å². The van der Waals surface area contributed by atoms with Crippen LogP contribution in [-0.2, 0) is 24.4 Å². The number of methoxy groups -OCH3 is 2. The van der Waals surface area contributed by atoms with Gasteiger partial charge >= 0.3 is 0 Å². The molecule has 2 aromatic carbocycles. The maximum absolute atomic E-state index is 9.80. The summed E-state index contributed by atoms with van der Waals surface area (Å²) in [7, 11) is 3.27. The van der Waals surface area contributed by atoms with Crippen LogP contribution in [-0.4, -0.2) is 37.8 Å². The van der Waals surface area contributed by atoms with Gasteiger partial charge in [0.05, 0.1) is 41.6 Å². The Morgan fingerprint density at radius 3 is 2.75 bits per heavy atom. The van der Waals surface area contributed by atoms with Crippen molar-refractivity contribution < 1.29 is 9.47 Å². The van der Waals surface area contributed by atoms with Gasteiger partial charge in [0.1, 0.15) is 5.75 Å². The zero-order valence-electron chi connectivity index (χ0n) is 21.2. The third kappa shape index (κ3) is 5.91. The lowest BCUT2D eigenvalue weighted by Gasteiger charge is -2.24. The fourth-order valence-electron chi connectivity index (χ4n) is 4.97. The summed E-state index contributed by atoms with van der Waals surface area (Å²) in [6.45, 7) is 4.89. The number of anilines is 1. The lowest BCUT2D eigenvalue weighted by Crippen LogP contribution is -2.44. The zero-order valence-corrected chi connectivity index (χ0v) is 21.9. The van der Waals surface area contributed by atoms with Crippen molar-refractivity contribution in [1.29, 1.82) is 5.26 Å². The van der Waals surface area contributed by atoms with Crippen molar-refractivity contribution >= 4 is 28.2 Å². The summed E-state index contributed by atoms with van der Waals surface area (Å²) in [5.74, 6) is 0.642. The molecule has 0 aliphatic carbocycles. The van der Waals surface area contributed by atoms with Gasteiger partial charge in [0.25, 0.3) is 0 Å². The molecule has 1 aliphatic heterocycles. The van der Waals surface area contributed by atoms with Crippen LogP contribution < -0.4 is 20.7 Å². The van der Waals surface area contributed by atoms with Gasteiger partial charge in [0, 0.05) is 49.4 Å². The number of ether oxygens (including phenoxy) is 2. The van der Waals surface area contributed by atoms with Gasteiger partial charge in [-0.05, 0) is 61.2 Å². The van der Waals surface area contributed by atoms with Crippen LogP contribution in [0.2, 0.25) is 5.02 Å². The molecule has 0 radical (unpaired) electrons. The van der Waals surface area contributed by atoms with Crippen LogP contribution in [0.25, 0.3) is 10.9 Å². The Morgan fingerprint density at radius 1 is 1.22 bits per heavy atom. The number of nitrogens with one attached hydrogen (secondary N) is 3. The fraction of sp³-hybridized carbons (Fsp3) is 0.429. The molecule has 2 unspecified atom stereocenters. The molecule has 8 heteroatoms. The van der Waals surface area contributed by atoms with E-state index in [0.29, 0.717) is 48.1 Å². The van der Waals surface area contributed by atoms with Crippen molar-refractivity contribution in [1.82, 2.24) is 15.6 Å². The number of hydrogen-bond donors (Lipinski definition) is 3. The molecule has 0 spiro atoms. The van der Waals surface area contributed by atoms with E-state index in [9.17, 15) is 5.26 Å². The number of rotatable bonds is 11. The average molecular weight is 508 g/mol. The second-order valence-corrected chi connectivity index (χ2v) is 9.56. The molecule has 1 fully saturated rings. The quantitative estimate of drug-likeness (QED) is 0.330. The molecular formula is C28H34ClN5O2. The number of hydrogen-bond acceptors (Lipinski definition) is 7. The predicted octanol–water partition coefficient (Wildman–Crippen LogP) is 5.15. The largest absolute Gasteiger partial charge is 0.495 e. The minimum atomic E-state index is 0.374. The molecule has 0 amide bonds. The van der Waals surface area contributed by atoms with Crippen LogP contribution in [0, 0.1) is 11.3 Å². The van der Waals surface area contributed by atoms with Crippen molar-refractivity contribution in [3.05, 3.63) is 63.8 Å². The third-order valence-corrected chi connectivity index (χ3v) is 7.12. The second kappa shape index (κ2) is 12.4. The molecule has 2 heterocycles. The van der Waals surface area contributed by atoms with E-state index >= 15 is 0 Å². The average Bonchev–Trinajstić information content (AvgIpc) is 3.43. The van der Waals surface area contributed by atoms with Crippen LogP contribution in [0.5, 0.6) is 5.75 Å². The Labute approximate surface area is 218 Å². The Kier molecular flexibility index (Phi) is 9.00. The standard InChI is InChI=1S/C28H34ClN5O2/c1-4-24(25-6-5-9-31-25)32-15-20-10-19(13-30)11-22-27(20)34-16-21(17-35-2)28(22)33-14-18-7-8-26(36-3)23(29)12-18/h7-8,10-12,16,24-25,31-32H,4-6,9,14-15,17H2,1-3H3,(H,33,34). The Hall–Kier alpha value is -2.89. The van der Waals surface area contributed by atoms with Gasteiger partial charge in [0.15, 0.2) is 0 Å². The first-order valence-corrected chi connectivity index (χ1v) is 12.8. The number of nitriles is 1. The lowest BCUT2D eigenvalue weighted by molar-refractivity contribution is 0.185. The maximum Gasteiger partial charge on any atom is 0.137 e. The van der Waals surface area contributed by atoms with E-state index in [1.165, 1.54) is 12.8 Å². The first-order valence-electron chi connectivity index (χ1n) is 12.4. The van der Waals surface area contributed by atoms with E-state index in [1.54, 1.807) is 14.2 Å². The number of halogens is 1. The molecule has 2 atom stereocenters. The minimum Gasteiger partial charge on any atom is -0.495 e. The SMILES string of the molecule is CCC(NCc1cc(C#N)cc2c(NCc3ccc(OC)c(Cl)c3)c(COC)cnc12)C1CCCN1. The molecule has 4 rings (SSSR count). The highest BCUT2D eigenvalue weighted by atomic mass is 35.5. The van der Waals surface area contributed by atoms with E-state index in [-0.39, 0.29) is 0 Å². The maximum atomic E-state index is 9.80. The van der Waals surface area contributed by atoms with Crippen LogP contribution in [0.4, 0.5) is 5.69 Å². The van der Waals surface area contributed by atoms with E-state index in [2.05, 4.69) is 28.9 Å². The van der Waals surface area contributed by atoms with Crippen LogP contribution in [0.3, 0.4) is 0 Å². The van der Waals surface area contributed by atoms with Gasteiger partial charge in [-0.25, -0.2) is 0 Å². The van der Waals surface area contributed by atoms with E-state index < -0.39 is 0 Å². The fourth-order valence-corrected chi connectivity index (χ4v) is 5.25. The van der Waals surface area contributed by atoms with Crippen LogP contribution >= 0.6 is 11.6 Å². The van der Waals surface area contributed by atoms with Gasteiger partial charge in [-0.2, -0.15) is 5.26 Å². The van der Waals surface area contributed by atoms with Gasteiger partial charge in [-0.3, -0.25) is 4.98 Å². The summed E-state index contributed by atoms with van der Waals surface area (Å²) >= 11 is 6.34. The molecule has 190 valence electrons. The first-order chi connectivity index (χ1) is 17.6. The van der Waals surface area contributed by atoms with E-state index in [4.69, 9.17) is 26.1 Å². The van der Waals surface area contributed by atoms with Gasteiger partial charge in [-0.15, -0.1) is 0 Å². The molecule has 1 saturated heterocycles. The van der Waals surface area contributed by atoms with Crippen LogP contribution in [0.15, 0.2) is 36.5 Å². The zero-order chi connectivity index (χ0) is 25.5. The summed E-state index contributed by atoms with van der Waals surface area (Å²) in [6, 6.07) is 12.8. The molecule has 3 N–H and O–H groups in total. The third-order valence-electron chi connectivity index (χ3n) is 6.82. The topological polar surface area (TPSA) is 91.2 Å². The number of aromatic nitrogens is 1. The van der Waals surface area contributed by atoms with Crippen molar-refractivity contribution in [2.45, 2.75) is 58.0 Å². The molecule has 36 heavy (non-hydrogen) atoms.